The van der Waals surface area contributed by atoms with E-state index in [-0.39, 0.29) is 11.8 Å². The first-order chi connectivity index (χ1) is 13.6. The average Bonchev–Trinajstić information content (AvgIpc) is 3.07. The van der Waals surface area contributed by atoms with Gasteiger partial charge in [-0.25, -0.2) is 4.98 Å². The van der Waals surface area contributed by atoms with Gasteiger partial charge in [0, 0.05) is 17.8 Å². The Hall–Kier alpha value is -2.41. The van der Waals surface area contributed by atoms with Gasteiger partial charge >= 0.3 is 0 Å². The van der Waals surface area contributed by atoms with Crippen molar-refractivity contribution in [2.45, 2.75) is 46.0 Å². The fourth-order valence-corrected chi connectivity index (χ4v) is 4.44. The highest BCUT2D eigenvalue weighted by atomic mass is 32.1. The Morgan fingerprint density at radius 2 is 2.14 bits per heavy atom. The molecular formula is C21H27N3O3S. The molecule has 1 aliphatic rings. The van der Waals surface area contributed by atoms with Gasteiger partial charge in [0.25, 0.3) is 5.91 Å². The quantitative estimate of drug-likeness (QED) is 0.659. The number of carbonyl (C=O) groups is 2. The lowest BCUT2D eigenvalue weighted by Crippen LogP contribution is -2.26. The highest BCUT2D eigenvalue weighted by molar-refractivity contribution is 7.15. The van der Waals surface area contributed by atoms with Gasteiger partial charge in [0.15, 0.2) is 5.13 Å². The van der Waals surface area contributed by atoms with Crippen molar-refractivity contribution in [3.63, 3.8) is 0 Å². The van der Waals surface area contributed by atoms with Crippen molar-refractivity contribution in [2.24, 2.45) is 5.92 Å². The number of anilines is 1. The molecule has 1 atom stereocenters. The topological polar surface area (TPSA) is 80.3 Å². The molecule has 1 aliphatic carbocycles. The van der Waals surface area contributed by atoms with Gasteiger partial charge in [-0.05, 0) is 50.7 Å². The molecule has 0 saturated heterocycles. The number of hydrogen-bond donors (Lipinski definition) is 2. The van der Waals surface area contributed by atoms with Gasteiger partial charge in [0.2, 0.25) is 5.91 Å². The van der Waals surface area contributed by atoms with Crippen molar-refractivity contribution in [1.82, 2.24) is 10.3 Å². The number of aromatic nitrogens is 1. The third-order valence-electron chi connectivity index (χ3n) is 4.73. The summed E-state index contributed by atoms with van der Waals surface area (Å²) >= 11 is 1.59. The van der Waals surface area contributed by atoms with Crippen molar-refractivity contribution < 1.29 is 14.3 Å². The Morgan fingerprint density at radius 3 is 2.96 bits per heavy atom. The van der Waals surface area contributed by atoms with Crippen molar-refractivity contribution in [3.8, 4) is 5.75 Å². The molecule has 2 amide bonds. The van der Waals surface area contributed by atoms with Gasteiger partial charge in [-0.15, -0.1) is 11.3 Å². The highest BCUT2D eigenvalue weighted by Crippen LogP contribution is 2.32. The fraction of sp³-hybridized carbons (Fsp3) is 0.476. The number of nitrogens with zero attached hydrogens (tertiary/aromatic N) is 1. The van der Waals surface area contributed by atoms with Crippen LogP contribution in [0.1, 0.15) is 54.0 Å². The molecule has 2 aromatic rings. The van der Waals surface area contributed by atoms with E-state index >= 15 is 0 Å². The maximum absolute atomic E-state index is 12.3. The van der Waals surface area contributed by atoms with Crippen molar-refractivity contribution >= 4 is 28.3 Å². The number of para-hydroxylation sites is 1. The first-order valence-corrected chi connectivity index (χ1v) is 10.7. The van der Waals surface area contributed by atoms with Crippen LogP contribution in [0.5, 0.6) is 5.75 Å². The van der Waals surface area contributed by atoms with Gasteiger partial charge in [0.1, 0.15) is 5.75 Å². The van der Waals surface area contributed by atoms with Crippen LogP contribution in [0.25, 0.3) is 0 Å². The van der Waals surface area contributed by atoms with Gasteiger partial charge < -0.3 is 15.4 Å². The number of carbonyl (C=O) groups excluding carboxylic acids is 2. The zero-order chi connectivity index (χ0) is 19.9. The molecule has 0 unspecified atom stereocenters. The number of nitrogens with one attached hydrogen (secondary N) is 2. The van der Waals surface area contributed by atoms with Crippen molar-refractivity contribution in [1.29, 1.82) is 0 Å². The summed E-state index contributed by atoms with van der Waals surface area (Å²) in [6.07, 6.45) is 4.12. The predicted octanol–water partition coefficient (Wildman–Crippen LogP) is 3.82. The van der Waals surface area contributed by atoms with Crippen LogP contribution in [0.4, 0.5) is 5.13 Å². The second-order valence-corrected chi connectivity index (χ2v) is 8.16. The maximum Gasteiger partial charge on any atom is 0.255 e. The summed E-state index contributed by atoms with van der Waals surface area (Å²) in [4.78, 5) is 30.3. The summed E-state index contributed by atoms with van der Waals surface area (Å²) in [5.41, 5.74) is 1.65. The summed E-state index contributed by atoms with van der Waals surface area (Å²) < 4.78 is 5.48. The van der Waals surface area contributed by atoms with Crippen molar-refractivity contribution in [2.75, 3.05) is 18.5 Å². The van der Waals surface area contributed by atoms with E-state index in [4.69, 9.17) is 4.74 Å². The zero-order valence-electron chi connectivity index (χ0n) is 16.4. The van der Waals surface area contributed by atoms with E-state index in [9.17, 15) is 9.59 Å². The van der Waals surface area contributed by atoms with Crippen LogP contribution in [0, 0.1) is 5.92 Å². The molecule has 0 radical (unpaired) electrons. The molecule has 0 bridgehead atoms. The predicted molar refractivity (Wildman–Crippen MR) is 111 cm³/mol. The number of benzene rings is 1. The first-order valence-electron chi connectivity index (χ1n) is 9.85. The minimum Gasteiger partial charge on any atom is -0.493 e. The third-order valence-corrected chi connectivity index (χ3v) is 5.77. The molecule has 7 heteroatoms. The Balaban J connectivity index is 1.42. The fourth-order valence-electron chi connectivity index (χ4n) is 3.26. The van der Waals surface area contributed by atoms with E-state index in [1.807, 2.05) is 13.0 Å². The van der Waals surface area contributed by atoms with Gasteiger partial charge in [-0.1, -0.05) is 19.1 Å². The summed E-state index contributed by atoms with van der Waals surface area (Å²) in [7, 11) is 0. The van der Waals surface area contributed by atoms with Gasteiger partial charge in [-0.3, -0.25) is 9.59 Å². The second-order valence-electron chi connectivity index (χ2n) is 7.07. The van der Waals surface area contributed by atoms with E-state index in [2.05, 4.69) is 22.5 Å². The van der Waals surface area contributed by atoms with E-state index in [1.54, 1.807) is 29.5 Å². The SMILES string of the molecule is CCOc1ccccc1C(=O)NCCCC(=O)Nc1nc2c(s1)C[C@@H](C)CC2. The average molecular weight is 402 g/mol. The molecule has 1 aromatic carbocycles. The molecule has 2 N–H and O–H groups in total. The normalized spacial score (nSPS) is 15.6. The van der Waals surface area contributed by atoms with E-state index in [1.165, 1.54) is 4.88 Å². The molecule has 0 spiro atoms. The summed E-state index contributed by atoms with van der Waals surface area (Å²) in [5.74, 6) is 1.00. The van der Waals surface area contributed by atoms with Crippen LogP contribution in [0.15, 0.2) is 24.3 Å². The van der Waals surface area contributed by atoms with Gasteiger partial charge in [-0.2, -0.15) is 0 Å². The summed E-state index contributed by atoms with van der Waals surface area (Å²) in [5, 5.41) is 6.44. The van der Waals surface area contributed by atoms with Crippen LogP contribution in [0.3, 0.4) is 0 Å². The molecule has 0 aliphatic heterocycles. The lowest BCUT2D eigenvalue weighted by atomic mass is 9.93. The van der Waals surface area contributed by atoms with Crippen LogP contribution in [-0.2, 0) is 17.6 Å². The number of thiazole rings is 1. The Labute approximate surface area is 169 Å². The van der Waals surface area contributed by atoms with Crippen LogP contribution >= 0.6 is 11.3 Å². The monoisotopic (exact) mass is 401 g/mol. The Bertz CT molecular complexity index is 834. The minimum atomic E-state index is -0.189. The smallest absolute Gasteiger partial charge is 0.255 e. The summed E-state index contributed by atoms with van der Waals surface area (Å²) in [6, 6.07) is 7.15. The van der Waals surface area contributed by atoms with E-state index < -0.39 is 0 Å². The standard InChI is InChI=1S/C21H27N3O3S/c1-3-27-17-8-5-4-7-15(17)20(26)22-12-6-9-19(25)24-21-23-16-11-10-14(2)13-18(16)28-21/h4-5,7-8,14H,3,6,9-13H2,1-2H3,(H,22,26)(H,23,24,25)/t14-/m0/s1. The molecule has 1 aromatic heterocycles. The Kier molecular flexibility index (Phi) is 7.03. The van der Waals surface area contributed by atoms with Gasteiger partial charge in [0.05, 0.1) is 17.9 Å². The molecule has 0 saturated carbocycles. The molecule has 3 rings (SSSR count). The number of fused-ring (bicyclic) bond motifs is 1. The second kappa shape index (κ2) is 9.68. The van der Waals surface area contributed by atoms with Crippen molar-refractivity contribution in [3.05, 3.63) is 40.4 Å². The number of hydrogen-bond acceptors (Lipinski definition) is 5. The van der Waals surface area contributed by atoms with E-state index in [0.29, 0.717) is 48.4 Å². The lowest BCUT2D eigenvalue weighted by Gasteiger charge is -2.15. The maximum atomic E-state index is 12.3. The van der Waals surface area contributed by atoms with Crippen LogP contribution in [-0.4, -0.2) is 29.9 Å². The molecule has 1 heterocycles. The zero-order valence-corrected chi connectivity index (χ0v) is 17.2. The number of ether oxygens (including phenoxy) is 1. The highest BCUT2D eigenvalue weighted by Gasteiger charge is 2.20. The van der Waals surface area contributed by atoms with E-state index in [0.717, 1.165) is 25.0 Å². The molecule has 150 valence electrons. The first kappa shape index (κ1) is 20.3. The number of rotatable bonds is 8. The molecule has 6 nitrogen and oxygen atoms in total. The third kappa shape index (κ3) is 5.32. The van der Waals surface area contributed by atoms with Crippen LogP contribution < -0.4 is 15.4 Å². The lowest BCUT2D eigenvalue weighted by molar-refractivity contribution is -0.116. The van der Waals surface area contributed by atoms with Crippen LogP contribution in [0.2, 0.25) is 0 Å². The largest absolute Gasteiger partial charge is 0.493 e. The Morgan fingerprint density at radius 1 is 1.32 bits per heavy atom. The minimum absolute atomic E-state index is 0.0666. The summed E-state index contributed by atoms with van der Waals surface area (Å²) in [6.45, 7) is 5.07. The molecule has 28 heavy (non-hydrogen) atoms. The molecule has 0 fully saturated rings. The number of aryl methyl sites for hydroxylation is 1. The number of amides is 2. The molecular weight excluding hydrogens is 374 g/mol.